The number of nitrogens with two attached hydrogens (primary N) is 1. The van der Waals surface area contributed by atoms with E-state index in [1.807, 2.05) is 18.2 Å². The van der Waals surface area contributed by atoms with Gasteiger partial charge in [0.25, 0.3) is 0 Å². The van der Waals surface area contributed by atoms with E-state index in [9.17, 15) is 8.78 Å². The van der Waals surface area contributed by atoms with Crippen LogP contribution in [-0.4, -0.2) is 12.5 Å². The fourth-order valence-corrected chi connectivity index (χ4v) is 3.98. The van der Waals surface area contributed by atoms with Gasteiger partial charge in [-0.05, 0) is 43.2 Å². The lowest BCUT2D eigenvalue weighted by molar-refractivity contribution is -0.0739. The topological polar surface area (TPSA) is 26.0 Å². The number of rotatable bonds is 3. The van der Waals surface area contributed by atoms with Crippen LogP contribution in [0.2, 0.25) is 0 Å². The molecule has 0 heterocycles. The molecular weight excluding hydrogens is 244 g/mol. The molecule has 0 bridgehead atoms. The Morgan fingerprint density at radius 2 is 1.47 bits per heavy atom. The van der Waals surface area contributed by atoms with Crippen LogP contribution in [0.4, 0.5) is 8.78 Å². The summed E-state index contributed by atoms with van der Waals surface area (Å²) >= 11 is 0. The van der Waals surface area contributed by atoms with E-state index in [4.69, 9.17) is 5.73 Å². The van der Waals surface area contributed by atoms with Crippen LogP contribution in [-0.2, 0) is 5.41 Å². The van der Waals surface area contributed by atoms with Gasteiger partial charge in [-0.2, -0.15) is 0 Å². The van der Waals surface area contributed by atoms with Crippen molar-refractivity contribution in [1.82, 2.24) is 0 Å². The molecule has 0 atom stereocenters. The third kappa shape index (κ3) is 1.99. The molecule has 104 valence electrons. The van der Waals surface area contributed by atoms with Crippen LogP contribution in [0.15, 0.2) is 30.3 Å². The first-order valence-electron chi connectivity index (χ1n) is 7.17. The minimum Gasteiger partial charge on any atom is -0.330 e. The predicted molar refractivity (Wildman–Crippen MR) is 72.3 cm³/mol. The standard InChI is InChI=1S/C16H21F2N/c17-16(18)10-6-14(12-19,7-11-16)15(8-9-15)13-4-2-1-3-5-13/h1-5H,6-12,19H2. The lowest BCUT2D eigenvalue weighted by atomic mass is 9.60. The van der Waals surface area contributed by atoms with Crippen molar-refractivity contribution in [3.05, 3.63) is 35.9 Å². The van der Waals surface area contributed by atoms with Gasteiger partial charge in [-0.25, -0.2) is 8.78 Å². The third-order valence-corrected chi connectivity index (χ3v) is 5.42. The highest BCUT2D eigenvalue weighted by molar-refractivity contribution is 5.35. The Labute approximate surface area is 113 Å². The van der Waals surface area contributed by atoms with Crippen molar-refractivity contribution in [2.24, 2.45) is 11.1 Å². The maximum absolute atomic E-state index is 13.5. The van der Waals surface area contributed by atoms with Crippen LogP contribution in [0.3, 0.4) is 0 Å². The maximum Gasteiger partial charge on any atom is 0.248 e. The molecule has 0 spiro atoms. The van der Waals surface area contributed by atoms with Crippen LogP contribution >= 0.6 is 0 Å². The number of alkyl halides is 2. The zero-order chi connectivity index (χ0) is 13.6. The molecule has 0 amide bonds. The van der Waals surface area contributed by atoms with Crippen molar-refractivity contribution in [3.63, 3.8) is 0 Å². The zero-order valence-corrected chi connectivity index (χ0v) is 11.2. The maximum atomic E-state index is 13.5. The second-order valence-electron chi connectivity index (χ2n) is 6.29. The summed E-state index contributed by atoms with van der Waals surface area (Å²) in [5.74, 6) is -2.48. The van der Waals surface area contributed by atoms with Gasteiger partial charge in [0.2, 0.25) is 5.92 Å². The molecule has 2 aliphatic carbocycles. The van der Waals surface area contributed by atoms with E-state index < -0.39 is 5.92 Å². The molecule has 3 heteroatoms. The first-order valence-corrected chi connectivity index (χ1v) is 7.17. The molecular formula is C16H21F2N. The summed E-state index contributed by atoms with van der Waals surface area (Å²) in [5.41, 5.74) is 7.30. The van der Waals surface area contributed by atoms with Crippen LogP contribution in [0.25, 0.3) is 0 Å². The normalized spacial score (nSPS) is 26.9. The highest BCUT2D eigenvalue weighted by Gasteiger charge is 2.61. The summed E-state index contributed by atoms with van der Waals surface area (Å²) < 4.78 is 26.9. The summed E-state index contributed by atoms with van der Waals surface area (Å²) in [6, 6.07) is 10.4. The van der Waals surface area contributed by atoms with Crippen LogP contribution in [0.1, 0.15) is 44.1 Å². The molecule has 2 fully saturated rings. The van der Waals surface area contributed by atoms with Gasteiger partial charge in [-0.15, -0.1) is 0 Å². The van der Waals surface area contributed by atoms with Gasteiger partial charge in [0.15, 0.2) is 0 Å². The lowest BCUT2D eigenvalue weighted by Crippen LogP contribution is -2.47. The second-order valence-corrected chi connectivity index (χ2v) is 6.29. The van der Waals surface area contributed by atoms with E-state index in [-0.39, 0.29) is 23.7 Å². The minimum atomic E-state index is -2.48. The Morgan fingerprint density at radius 1 is 0.895 bits per heavy atom. The van der Waals surface area contributed by atoms with E-state index in [2.05, 4.69) is 12.1 Å². The van der Waals surface area contributed by atoms with Gasteiger partial charge in [0.05, 0.1) is 0 Å². The molecule has 0 radical (unpaired) electrons. The summed E-state index contributed by atoms with van der Waals surface area (Å²) in [4.78, 5) is 0. The van der Waals surface area contributed by atoms with Crippen LogP contribution in [0.5, 0.6) is 0 Å². The van der Waals surface area contributed by atoms with Crippen LogP contribution in [0, 0.1) is 5.41 Å². The van der Waals surface area contributed by atoms with Gasteiger partial charge in [0, 0.05) is 18.3 Å². The molecule has 19 heavy (non-hydrogen) atoms. The first-order chi connectivity index (χ1) is 9.04. The summed E-state index contributed by atoms with van der Waals surface area (Å²) in [6.45, 7) is 0.526. The molecule has 1 aromatic rings. The number of hydrogen-bond donors (Lipinski definition) is 1. The van der Waals surface area contributed by atoms with E-state index in [1.54, 1.807) is 0 Å². The van der Waals surface area contributed by atoms with Gasteiger partial charge in [-0.3, -0.25) is 0 Å². The molecule has 3 rings (SSSR count). The molecule has 0 unspecified atom stereocenters. The van der Waals surface area contributed by atoms with Gasteiger partial charge < -0.3 is 5.73 Å². The number of halogens is 2. The van der Waals surface area contributed by atoms with Gasteiger partial charge in [0.1, 0.15) is 0 Å². The Hall–Kier alpha value is -0.960. The van der Waals surface area contributed by atoms with E-state index in [0.717, 1.165) is 12.8 Å². The van der Waals surface area contributed by atoms with E-state index in [0.29, 0.717) is 19.4 Å². The van der Waals surface area contributed by atoms with Crippen molar-refractivity contribution in [2.75, 3.05) is 6.54 Å². The second kappa shape index (κ2) is 4.27. The van der Waals surface area contributed by atoms with Crippen molar-refractivity contribution < 1.29 is 8.78 Å². The van der Waals surface area contributed by atoms with E-state index in [1.165, 1.54) is 5.56 Å². The van der Waals surface area contributed by atoms with E-state index >= 15 is 0 Å². The van der Waals surface area contributed by atoms with Crippen molar-refractivity contribution in [3.8, 4) is 0 Å². The molecule has 1 aromatic carbocycles. The SMILES string of the molecule is NCC1(C2(c3ccccc3)CC2)CCC(F)(F)CC1. The molecule has 0 aliphatic heterocycles. The summed E-state index contributed by atoms with van der Waals surface area (Å²) in [6.07, 6.45) is 3.31. The molecule has 2 saturated carbocycles. The van der Waals surface area contributed by atoms with Gasteiger partial charge in [-0.1, -0.05) is 30.3 Å². The predicted octanol–water partition coefficient (Wildman–Crippen LogP) is 3.87. The largest absolute Gasteiger partial charge is 0.330 e. The fraction of sp³-hybridized carbons (Fsp3) is 0.625. The lowest BCUT2D eigenvalue weighted by Gasteiger charge is -2.46. The monoisotopic (exact) mass is 265 g/mol. The number of benzene rings is 1. The quantitative estimate of drug-likeness (QED) is 0.882. The van der Waals surface area contributed by atoms with Crippen molar-refractivity contribution in [2.45, 2.75) is 49.9 Å². The van der Waals surface area contributed by atoms with Crippen molar-refractivity contribution >= 4 is 0 Å². The minimum absolute atomic E-state index is 0.00121. The zero-order valence-electron chi connectivity index (χ0n) is 11.2. The average Bonchev–Trinajstić information content (AvgIpc) is 3.22. The summed E-state index contributed by atoms with van der Waals surface area (Å²) in [5, 5.41) is 0. The average molecular weight is 265 g/mol. The molecule has 0 aromatic heterocycles. The fourth-order valence-electron chi connectivity index (χ4n) is 3.98. The molecule has 1 nitrogen and oxygen atoms in total. The summed E-state index contributed by atoms with van der Waals surface area (Å²) in [7, 11) is 0. The smallest absolute Gasteiger partial charge is 0.248 e. The number of hydrogen-bond acceptors (Lipinski definition) is 1. The first kappa shape index (κ1) is 13.0. The Morgan fingerprint density at radius 3 is 1.95 bits per heavy atom. The highest BCUT2D eigenvalue weighted by Crippen LogP contribution is 2.65. The Balaban J connectivity index is 1.91. The van der Waals surface area contributed by atoms with Gasteiger partial charge >= 0.3 is 0 Å². The van der Waals surface area contributed by atoms with Crippen LogP contribution < -0.4 is 5.73 Å². The third-order valence-electron chi connectivity index (χ3n) is 5.42. The van der Waals surface area contributed by atoms with Crippen molar-refractivity contribution in [1.29, 1.82) is 0 Å². The Bertz CT molecular complexity index is 441. The highest BCUT2D eigenvalue weighted by atomic mass is 19.3. The molecule has 2 N–H and O–H groups in total. The Kier molecular flexibility index (Phi) is 2.93. The molecule has 0 saturated heterocycles. The molecule has 2 aliphatic rings.